The molecule has 0 atom stereocenters. The molecule has 1 amide bonds. The molecule has 2 aromatic carbocycles. The van der Waals surface area contributed by atoms with E-state index in [0.717, 1.165) is 22.5 Å². The zero-order valence-corrected chi connectivity index (χ0v) is 16.2. The molecule has 1 N–H and O–H groups in total. The smallest absolute Gasteiger partial charge is 0.250 e. The van der Waals surface area contributed by atoms with Crippen LogP contribution in [0.15, 0.2) is 78.4 Å². The molecule has 7 heteroatoms. The van der Waals surface area contributed by atoms with Gasteiger partial charge in [-0.25, -0.2) is 9.67 Å². The van der Waals surface area contributed by atoms with Gasteiger partial charge in [-0.15, -0.1) is 11.3 Å². The Morgan fingerprint density at radius 3 is 2.61 bits per heavy atom. The summed E-state index contributed by atoms with van der Waals surface area (Å²) in [7, 11) is 0. The Hall–Kier alpha value is -3.22. The second-order valence-electron chi connectivity index (χ2n) is 5.88. The van der Waals surface area contributed by atoms with Crippen LogP contribution < -0.4 is 5.32 Å². The van der Waals surface area contributed by atoms with Gasteiger partial charge in [-0.3, -0.25) is 10.1 Å². The molecule has 28 heavy (non-hydrogen) atoms. The van der Waals surface area contributed by atoms with Gasteiger partial charge >= 0.3 is 0 Å². The van der Waals surface area contributed by atoms with Crippen molar-refractivity contribution in [1.29, 1.82) is 0 Å². The monoisotopic (exact) mass is 406 g/mol. The Morgan fingerprint density at radius 1 is 1.11 bits per heavy atom. The molecule has 2 heterocycles. The largest absolute Gasteiger partial charge is 0.298 e. The van der Waals surface area contributed by atoms with E-state index < -0.39 is 0 Å². The molecule has 0 aliphatic rings. The number of rotatable bonds is 5. The van der Waals surface area contributed by atoms with Crippen LogP contribution in [-0.4, -0.2) is 20.7 Å². The summed E-state index contributed by atoms with van der Waals surface area (Å²) in [6, 6.07) is 17.3. The van der Waals surface area contributed by atoms with E-state index in [0.29, 0.717) is 10.2 Å². The molecule has 0 aliphatic heterocycles. The van der Waals surface area contributed by atoms with Crippen LogP contribution in [0, 0.1) is 0 Å². The van der Waals surface area contributed by atoms with Crippen LogP contribution in [0.1, 0.15) is 5.56 Å². The van der Waals surface area contributed by atoms with E-state index in [1.54, 1.807) is 17.0 Å². The zero-order valence-electron chi connectivity index (χ0n) is 14.6. The van der Waals surface area contributed by atoms with Crippen molar-refractivity contribution in [3.05, 3.63) is 89.0 Å². The summed E-state index contributed by atoms with van der Waals surface area (Å²) >= 11 is 7.38. The molecule has 0 fully saturated rings. The van der Waals surface area contributed by atoms with Gasteiger partial charge in [0.15, 0.2) is 5.13 Å². The van der Waals surface area contributed by atoms with Crippen LogP contribution in [0.4, 0.5) is 5.13 Å². The molecule has 138 valence electrons. The lowest BCUT2D eigenvalue weighted by molar-refractivity contribution is -0.111. The first-order valence-corrected chi connectivity index (χ1v) is 9.74. The quantitative estimate of drug-likeness (QED) is 0.457. The van der Waals surface area contributed by atoms with Gasteiger partial charge in [-0.1, -0.05) is 41.9 Å². The average Bonchev–Trinajstić information content (AvgIpc) is 3.38. The van der Waals surface area contributed by atoms with E-state index in [1.165, 1.54) is 17.4 Å². The first-order chi connectivity index (χ1) is 13.7. The highest BCUT2D eigenvalue weighted by Gasteiger charge is 2.11. The van der Waals surface area contributed by atoms with Crippen molar-refractivity contribution < 1.29 is 4.79 Å². The predicted octanol–water partition coefficient (Wildman–Crippen LogP) is 5.30. The number of thiazole rings is 1. The van der Waals surface area contributed by atoms with E-state index in [9.17, 15) is 4.79 Å². The summed E-state index contributed by atoms with van der Waals surface area (Å²) < 4.78 is 1.79. The number of hydrogen-bond donors (Lipinski definition) is 1. The average molecular weight is 407 g/mol. The Bertz CT molecular complexity index is 1100. The highest BCUT2D eigenvalue weighted by atomic mass is 35.5. The topological polar surface area (TPSA) is 59.8 Å². The van der Waals surface area contributed by atoms with Gasteiger partial charge in [-0.05, 0) is 30.3 Å². The molecule has 4 aromatic rings. The highest BCUT2D eigenvalue weighted by molar-refractivity contribution is 7.13. The molecule has 5 nitrogen and oxygen atoms in total. The molecule has 0 saturated heterocycles. The minimum absolute atomic E-state index is 0.246. The molecule has 0 unspecified atom stereocenters. The second-order valence-corrected chi connectivity index (χ2v) is 7.21. The summed E-state index contributed by atoms with van der Waals surface area (Å²) in [5.74, 6) is -0.246. The fraction of sp³-hybridized carbons (Fsp3) is 0. The van der Waals surface area contributed by atoms with Crippen molar-refractivity contribution in [1.82, 2.24) is 14.8 Å². The lowest BCUT2D eigenvalue weighted by atomic mass is 10.1. The Labute approximate surface area is 170 Å². The summed E-state index contributed by atoms with van der Waals surface area (Å²) in [6.07, 6.45) is 6.77. The van der Waals surface area contributed by atoms with Gasteiger partial charge in [0.1, 0.15) is 0 Å². The van der Waals surface area contributed by atoms with Gasteiger partial charge < -0.3 is 0 Å². The van der Waals surface area contributed by atoms with Crippen LogP contribution in [-0.2, 0) is 4.79 Å². The van der Waals surface area contributed by atoms with Crippen LogP contribution in [0.5, 0.6) is 0 Å². The SMILES string of the molecule is O=C(/C=C/c1cn(-c2ccccc2)nc1-c1ccc(Cl)cc1)Nc1nccs1. The van der Waals surface area contributed by atoms with Crippen molar-refractivity contribution >= 4 is 40.1 Å². The van der Waals surface area contributed by atoms with Gasteiger partial charge in [0.05, 0.1) is 11.4 Å². The van der Waals surface area contributed by atoms with E-state index in [4.69, 9.17) is 16.7 Å². The van der Waals surface area contributed by atoms with Crippen molar-refractivity contribution in [2.24, 2.45) is 0 Å². The standard InChI is InChI=1S/C21H15ClN4OS/c22-17-9-6-15(7-10-17)20-16(8-11-19(27)24-21-23-12-13-28-21)14-26(25-20)18-4-2-1-3-5-18/h1-14H,(H,23,24,27)/b11-8+. The fourth-order valence-electron chi connectivity index (χ4n) is 2.65. The molecule has 0 bridgehead atoms. The number of carbonyl (C=O) groups is 1. The number of hydrogen-bond acceptors (Lipinski definition) is 4. The Balaban J connectivity index is 1.67. The van der Waals surface area contributed by atoms with Crippen LogP contribution in [0.2, 0.25) is 5.02 Å². The van der Waals surface area contributed by atoms with Gasteiger partial charge in [0, 0.05) is 40.0 Å². The molecule has 0 spiro atoms. The van der Waals surface area contributed by atoms with Crippen LogP contribution >= 0.6 is 22.9 Å². The maximum absolute atomic E-state index is 12.2. The number of anilines is 1. The molecule has 0 aliphatic carbocycles. The van der Waals surface area contributed by atoms with E-state index >= 15 is 0 Å². The number of aromatic nitrogens is 3. The Morgan fingerprint density at radius 2 is 1.89 bits per heavy atom. The molecular weight excluding hydrogens is 392 g/mol. The number of amides is 1. The number of nitrogens with zero attached hydrogens (tertiary/aromatic N) is 3. The number of halogens is 1. The molecule has 0 saturated carbocycles. The van der Waals surface area contributed by atoms with Crippen LogP contribution in [0.3, 0.4) is 0 Å². The summed E-state index contributed by atoms with van der Waals surface area (Å²) in [5.41, 5.74) is 3.43. The minimum atomic E-state index is -0.246. The Kier molecular flexibility index (Phi) is 5.32. The number of carbonyl (C=O) groups excluding carboxylic acids is 1. The lowest BCUT2D eigenvalue weighted by Crippen LogP contribution is -2.07. The predicted molar refractivity (Wildman–Crippen MR) is 114 cm³/mol. The van der Waals surface area contributed by atoms with Crippen molar-refractivity contribution in [2.45, 2.75) is 0 Å². The lowest BCUT2D eigenvalue weighted by Gasteiger charge is -2.00. The second kappa shape index (κ2) is 8.21. The third-order valence-electron chi connectivity index (χ3n) is 3.96. The van der Waals surface area contributed by atoms with E-state index in [1.807, 2.05) is 66.2 Å². The molecule has 0 radical (unpaired) electrons. The third kappa shape index (κ3) is 4.19. The molecule has 4 rings (SSSR count). The molecule has 2 aromatic heterocycles. The maximum atomic E-state index is 12.2. The van der Waals surface area contributed by atoms with Crippen molar-refractivity contribution in [2.75, 3.05) is 5.32 Å². The normalized spacial score (nSPS) is 11.0. The van der Waals surface area contributed by atoms with Gasteiger partial charge in [0.2, 0.25) is 5.91 Å². The summed E-state index contributed by atoms with van der Waals surface area (Å²) in [4.78, 5) is 16.2. The van der Waals surface area contributed by atoms with Crippen molar-refractivity contribution in [3.8, 4) is 16.9 Å². The fourth-order valence-corrected chi connectivity index (χ4v) is 3.31. The zero-order chi connectivity index (χ0) is 19.3. The van der Waals surface area contributed by atoms with Gasteiger partial charge in [0.25, 0.3) is 0 Å². The first-order valence-electron chi connectivity index (χ1n) is 8.48. The summed E-state index contributed by atoms with van der Waals surface area (Å²) in [5, 5.41) is 10.5. The number of benzene rings is 2. The van der Waals surface area contributed by atoms with E-state index in [-0.39, 0.29) is 5.91 Å². The number of para-hydroxylation sites is 1. The summed E-state index contributed by atoms with van der Waals surface area (Å²) in [6.45, 7) is 0. The third-order valence-corrected chi connectivity index (χ3v) is 4.90. The molecular formula is C21H15ClN4OS. The maximum Gasteiger partial charge on any atom is 0.250 e. The van der Waals surface area contributed by atoms with Gasteiger partial charge in [-0.2, -0.15) is 5.10 Å². The number of nitrogens with one attached hydrogen (secondary N) is 1. The van der Waals surface area contributed by atoms with Crippen molar-refractivity contribution in [3.63, 3.8) is 0 Å². The van der Waals surface area contributed by atoms with E-state index in [2.05, 4.69) is 10.3 Å². The van der Waals surface area contributed by atoms with Crippen LogP contribution in [0.25, 0.3) is 23.0 Å². The highest BCUT2D eigenvalue weighted by Crippen LogP contribution is 2.26. The minimum Gasteiger partial charge on any atom is -0.298 e. The first kappa shape index (κ1) is 18.2.